The quantitative estimate of drug-likeness (QED) is 0.792. The molecule has 6 nitrogen and oxygen atoms in total. The van der Waals surface area contributed by atoms with Gasteiger partial charge in [0.05, 0.1) is 18.5 Å². The summed E-state index contributed by atoms with van der Waals surface area (Å²) in [6, 6.07) is 10.7. The molecule has 4 rings (SSSR count). The van der Waals surface area contributed by atoms with Crippen LogP contribution in [-0.2, 0) is 4.74 Å². The highest BCUT2D eigenvalue weighted by Gasteiger charge is 2.24. The first-order valence-corrected chi connectivity index (χ1v) is 8.55. The summed E-state index contributed by atoms with van der Waals surface area (Å²) in [6.45, 7) is 2.69. The summed E-state index contributed by atoms with van der Waals surface area (Å²) in [4.78, 5) is 13.2. The van der Waals surface area contributed by atoms with Crippen LogP contribution >= 0.6 is 0 Å². The second kappa shape index (κ2) is 7.03. The van der Waals surface area contributed by atoms with E-state index < -0.39 is 0 Å². The van der Waals surface area contributed by atoms with E-state index in [0.717, 1.165) is 36.9 Å². The van der Waals surface area contributed by atoms with Gasteiger partial charge >= 0.3 is 0 Å². The molecule has 3 aromatic rings. The third-order valence-electron chi connectivity index (χ3n) is 4.50. The van der Waals surface area contributed by atoms with Crippen LogP contribution in [0.5, 0.6) is 0 Å². The summed E-state index contributed by atoms with van der Waals surface area (Å²) in [5, 5.41) is 3.52. The zero-order valence-electron chi connectivity index (χ0n) is 14.2. The minimum absolute atomic E-state index is 0.125. The lowest BCUT2D eigenvalue weighted by Gasteiger charge is -2.30. The third-order valence-corrected chi connectivity index (χ3v) is 4.50. The molecule has 1 fully saturated rings. The first-order valence-electron chi connectivity index (χ1n) is 8.55. The highest BCUT2D eigenvalue weighted by molar-refractivity contribution is 5.38. The fourth-order valence-electron chi connectivity index (χ4n) is 3.20. The van der Waals surface area contributed by atoms with Gasteiger partial charge in [0.25, 0.3) is 0 Å². The molecule has 0 saturated carbocycles. The van der Waals surface area contributed by atoms with E-state index in [0.29, 0.717) is 6.04 Å². The van der Waals surface area contributed by atoms with Gasteiger partial charge in [-0.05, 0) is 25.3 Å². The normalized spacial score (nSPS) is 20.4. The molecule has 1 aliphatic heterocycles. The number of nitrogens with one attached hydrogen (secondary N) is 1. The highest BCUT2D eigenvalue weighted by Crippen LogP contribution is 2.29. The minimum atomic E-state index is 0.125. The molecule has 1 saturated heterocycles. The molecule has 3 heterocycles. The molecular weight excluding hydrogens is 314 g/mol. The van der Waals surface area contributed by atoms with Gasteiger partial charge in [0, 0.05) is 25.0 Å². The van der Waals surface area contributed by atoms with Gasteiger partial charge in [0.15, 0.2) is 5.82 Å². The Morgan fingerprint density at radius 2 is 2.08 bits per heavy atom. The zero-order chi connectivity index (χ0) is 17.1. The SMILES string of the molecule is Cc1nccn1-c1cncc(NC2CCOC(c3ccccc3)C2)n1. The average Bonchev–Trinajstić information content (AvgIpc) is 3.09. The Kier molecular flexibility index (Phi) is 4.43. The molecule has 0 amide bonds. The van der Waals surface area contributed by atoms with Crippen molar-refractivity contribution < 1.29 is 4.74 Å². The maximum absolute atomic E-state index is 5.94. The van der Waals surface area contributed by atoms with Gasteiger partial charge in [-0.25, -0.2) is 9.97 Å². The van der Waals surface area contributed by atoms with E-state index in [4.69, 9.17) is 4.74 Å². The molecule has 2 aromatic heterocycles. The van der Waals surface area contributed by atoms with E-state index in [1.165, 1.54) is 5.56 Å². The summed E-state index contributed by atoms with van der Waals surface area (Å²) in [5.41, 5.74) is 1.22. The number of rotatable bonds is 4. The number of anilines is 1. The van der Waals surface area contributed by atoms with E-state index in [1.54, 1.807) is 18.6 Å². The summed E-state index contributed by atoms with van der Waals surface area (Å²) < 4.78 is 7.87. The lowest BCUT2D eigenvalue weighted by Crippen LogP contribution is -2.30. The lowest BCUT2D eigenvalue weighted by molar-refractivity contribution is 0.00974. The summed E-state index contributed by atoms with van der Waals surface area (Å²) >= 11 is 0. The molecule has 1 aliphatic rings. The molecule has 0 radical (unpaired) electrons. The number of ether oxygens (including phenoxy) is 1. The van der Waals surface area contributed by atoms with E-state index >= 15 is 0 Å². The van der Waals surface area contributed by atoms with E-state index in [1.807, 2.05) is 23.8 Å². The van der Waals surface area contributed by atoms with Crippen molar-refractivity contribution in [3.63, 3.8) is 0 Å². The van der Waals surface area contributed by atoms with Gasteiger partial charge in [-0.2, -0.15) is 0 Å². The summed E-state index contributed by atoms with van der Waals surface area (Å²) in [5.74, 6) is 2.44. The summed E-state index contributed by atoms with van der Waals surface area (Å²) in [6.07, 6.45) is 9.17. The lowest BCUT2D eigenvalue weighted by atomic mass is 9.97. The van der Waals surface area contributed by atoms with Crippen LogP contribution < -0.4 is 5.32 Å². The monoisotopic (exact) mass is 335 g/mol. The van der Waals surface area contributed by atoms with Crippen LogP contribution in [0.15, 0.2) is 55.1 Å². The number of aromatic nitrogens is 4. The van der Waals surface area contributed by atoms with Crippen molar-refractivity contribution >= 4 is 5.82 Å². The Balaban J connectivity index is 1.48. The molecule has 2 atom stereocenters. The molecule has 2 unspecified atom stereocenters. The van der Waals surface area contributed by atoms with Crippen molar-refractivity contribution in [2.24, 2.45) is 0 Å². The zero-order valence-corrected chi connectivity index (χ0v) is 14.2. The van der Waals surface area contributed by atoms with Crippen LogP contribution in [-0.4, -0.2) is 32.2 Å². The number of imidazole rings is 1. The Labute approximate surface area is 146 Å². The van der Waals surface area contributed by atoms with Gasteiger partial charge in [0.2, 0.25) is 0 Å². The van der Waals surface area contributed by atoms with Crippen LogP contribution in [0.2, 0.25) is 0 Å². The maximum atomic E-state index is 5.94. The second-order valence-electron chi connectivity index (χ2n) is 6.24. The van der Waals surface area contributed by atoms with Crippen LogP contribution in [0.25, 0.3) is 5.82 Å². The first kappa shape index (κ1) is 15.8. The maximum Gasteiger partial charge on any atom is 0.159 e. The predicted molar refractivity (Wildman–Crippen MR) is 95.7 cm³/mol. The molecule has 25 heavy (non-hydrogen) atoms. The predicted octanol–water partition coefficient (Wildman–Crippen LogP) is 3.30. The fraction of sp³-hybridized carbons (Fsp3) is 0.316. The summed E-state index contributed by atoms with van der Waals surface area (Å²) in [7, 11) is 0. The van der Waals surface area contributed by atoms with Crippen LogP contribution in [0.4, 0.5) is 5.82 Å². The molecular formula is C19H21N5O. The Bertz CT molecular complexity index is 833. The first-order chi connectivity index (χ1) is 12.3. The van der Waals surface area contributed by atoms with Crippen molar-refractivity contribution in [3.05, 3.63) is 66.5 Å². The minimum Gasteiger partial charge on any atom is -0.373 e. The highest BCUT2D eigenvalue weighted by atomic mass is 16.5. The number of benzene rings is 1. The van der Waals surface area contributed by atoms with E-state index in [2.05, 4.69) is 44.5 Å². The Morgan fingerprint density at radius 3 is 2.88 bits per heavy atom. The smallest absolute Gasteiger partial charge is 0.159 e. The Morgan fingerprint density at radius 1 is 1.20 bits per heavy atom. The van der Waals surface area contributed by atoms with Gasteiger partial charge in [-0.1, -0.05) is 30.3 Å². The second-order valence-corrected chi connectivity index (χ2v) is 6.24. The number of hydrogen-bond acceptors (Lipinski definition) is 5. The van der Waals surface area contributed by atoms with Crippen molar-refractivity contribution in [2.45, 2.75) is 31.9 Å². The average molecular weight is 335 g/mol. The van der Waals surface area contributed by atoms with E-state index in [-0.39, 0.29) is 6.10 Å². The number of hydrogen-bond donors (Lipinski definition) is 1. The Hall–Kier alpha value is -2.73. The molecule has 0 aliphatic carbocycles. The van der Waals surface area contributed by atoms with Crippen LogP contribution in [0, 0.1) is 6.92 Å². The van der Waals surface area contributed by atoms with Crippen LogP contribution in [0.1, 0.15) is 30.3 Å². The fourth-order valence-corrected chi connectivity index (χ4v) is 3.20. The van der Waals surface area contributed by atoms with Gasteiger partial charge in [0.1, 0.15) is 11.6 Å². The third kappa shape index (κ3) is 3.53. The largest absolute Gasteiger partial charge is 0.373 e. The molecule has 1 N–H and O–H groups in total. The molecule has 6 heteroatoms. The molecule has 0 bridgehead atoms. The van der Waals surface area contributed by atoms with E-state index in [9.17, 15) is 0 Å². The standard InChI is InChI=1S/C19H21N5O/c1-14-21-8-9-24(14)19-13-20-12-18(23-19)22-16-7-10-25-17(11-16)15-5-3-2-4-6-15/h2-6,8-9,12-13,16-17H,7,10-11H2,1H3,(H,22,23). The van der Waals surface area contributed by atoms with Crippen molar-refractivity contribution in [1.29, 1.82) is 0 Å². The van der Waals surface area contributed by atoms with Crippen LogP contribution in [0.3, 0.4) is 0 Å². The van der Waals surface area contributed by atoms with Gasteiger partial charge in [-0.3, -0.25) is 9.55 Å². The van der Waals surface area contributed by atoms with Crippen molar-refractivity contribution in [3.8, 4) is 5.82 Å². The van der Waals surface area contributed by atoms with Gasteiger partial charge < -0.3 is 10.1 Å². The topological polar surface area (TPSA) is 64.9 Å². The van der Waals surface area contributed by atoms with Crippen molar-refractivity contribution in [1.82, 2.24) is 19.5 Å². The van der Waals surface area contributed by atoms with Gasteiger partial charge in [-0.15, -0.1) is 0 Å². The number of nitrogens with zero attached hydrogens (tertiary/aromatic N) is 4. The number of aryl methyl sites for hydroxylation is 1. The van der Waals surface area contributed by atoms with Crippen molar-refractivity contribution in [2.75, 3.05) is 11.9 Å². The molecule has 0 spiro atoms. The molecule has 1 aromatic carbocycles. The molecule has 128 valence electrons.